The summed E-state index contributed by atoms with van der Waals surface area (Å²) in [5, 5.41) is 5.55. The van der Waals surface area contributed by atoms with Crippen molar-refractivity contribution >= 4 is 22.8 Å². The fraction of sp³-hybridized carbons (Fsp3) is 0.240. The quantitative estimate of drug-likeness (QED) is 0.454. The Bertz CT molecular complexity index is 1350. The molecular weight excluding hydrogens is 430 g/mol. The predicted octanol–water partition coefficient (Wildman–Crippen LogP) is 3.92. The number of ether oxygens (including phenoxy) is 1. The summed E-state index contributed by atoms with van der Waals surface area (Å²) in [4.78, 5) is 27.1. The van der Waals surface area contributed by atoms with Crippen LogP contribution in [0.15, 0.2) is 61.6 Å². The van der Waals surface area contributed by atoms with Crippen LogP contribution in [-0.4, -0.2) is 48.6 Å². The van der Waals surface area contributed by atoms with Crippen LogP contribution in [0, 0.1) is 6.92 Å². The van der Waals surface area contributed by atoms with Crippen molar-refractivity contribution in [3.05, 3.63) is 67.1 Å². The maximum Gasteiger partial charge on any atom is 0.246 e. The Labute approximate surface area is 196 Å². The molecule has 4 heterocycles. The van der Waals surface area contributed by atoms with Crippen LogP contribution >= 0.6 is 0 Å². The smallest absolute Gasteiger partial charge is 0.246 e. The number of aromatic nitrogens is 5. The lowest BCUT2D eigenvalue weighted by Crippen LogP contribution is -2.40. The molecule has 1 aliphatic heterocycles. The lowest BCUT2D eigenvalue weighted by atomic mass is 10.1. The Morgan fingerprint density at radius 2 is 2.00 bits per heavy atom. The Kier molecular flexibility index (Phi) is 5.67. The monoisotopic (exact) mass is 455 g/mol. The van der Waals surface area contributed by atoms with E-state index in [-0.39, 0.29) is 11.9 Å². The van der Waals surface area contributed by atoms with E-state index in [0.29, 0.717) is 47.3 Å². The van der Waals surface area contributed by atoms with Crippen LogP contribution in [-0.2, 0) is 4.79 Å². The summed E-state index contributed by atoms with van der Waals surface area (Å²) in [5.41, 5.74) is 9.47. The highest BCUT2D eigenvalue weighted by Gasteiger charge is 2.28. The molecule has 4 aromatic rings. The number of nitrogens with zero attached hydrogens (tertiary/aromatic N) is 6. The number of aryl methyl sites for hydroxylation is 1. The van der Waals surface area contributed by atoms with Crippen molar-refractivity contribution in [2.45, 2.75) is 25.8 Å². The molecule has 0 unspecified atom stereocenters. The van der Waals surface area contributed by atoms with E-state index in [1.165, 1.54) is 12.4 Å². The average Bonchev–Trinajstić information content (AvgIpc) is 3.26. The third-order valence-corrected chi connectivity index (χ3v) is 6.00. The molecule has 1 atom stereocenters. The number of piperidine rings is 1. The van der Waals surface area contributed by atoms with Crippen molar-refractivity contribution in [2.24, 2.45) is 0 Å². The summed E-state index contributed by atoms with van der Waals surface area (Å²) in [6.07, 6.45) is 6.24. The highest BCUT2D eigenvalue weighted by molar-refractivity contribution is 5.98. The van der Waals surface area contributed by atoms with Crippen molar-refractivity contribution in [3.8, 4) is 22.9 Å². The molecule has 9 nitrogen and oxygen atoms in total. The molecule has 1 aromatic carbocycles. The second kappa shape index (κ2) is 8.93. The van der Waals surface area contributed by atoms with Gasteiger partial charge in [0, 0.05) is 30.9 Å². The molecule has 3 aromatic heterocycles. The fourth-order valence-electron chi connectivity index (χ4n) is 4.24. The van der Waals surface area contributed by atoms with E-state index in [0.717, 1.165) is 24.0 Å². The minimum atomic E-state index is -0.0797. The van der Waals surface area contributed by atoms with Crippen molar-refractivity contribution in [3.63, 3.8) is 0 Å². The number of benzene rings is 1. The summed E-state index contributed by atoms with van der Waals surface area (Å²) in [6.45, 7) is 6.87. The summed E-state index contributed by atoms with van der Waals surface area (Å²) in [6, 6.07) is 11.4. The zero-order valence-corrected chi connectivity index (χ0v) is 18.9. The normalized spacial score (nSPS) is 15.9. The zero-order valence-electron chi connectivity index (χ0n) is 18.9. The molecule has 1 fully saturated rings. The van der Waals surface area contributed by atoms with Gasteiger partial charge < -0.3 is 15.4 Å². The van der Waals surface area contributed by atoms with Gasteiger partial charge in [-0.3, -0.25) is 4.79 Å². The Hall–Kier alpha value is -4.27. The van der Waals surface area contributed by atoms with Gasteiger partial charge in [0.25, 0.3) is 0 Å². The predicted molar refractivity (Wildman–Crippen MR) is 129 cm³/mol. The third kappa shape index (κ3) is 4.07. The standard InChI is InChI=1S/C25H25N7O2/c1-3-21(33)31-12-4-5-18(14-31)32-25-22(24(26)28-15-29-25)23(30-32)17-8-11-20(27-13-17)34-19-9-6-16(2)7-10-19/h3,6-11,13,15,18H,1,4-5,12,14H2,2H3,(H2,26,28,29)/t18-/m1/s1. The topological polar surface area (TPSA) is 112 Å². The Morgan fingerprint density at radius 3 is 2.74 bits per heavy atom. The molecule has 1 amide bonds. The highest BCUT2D eigenvalue weighted by Crippen LogP contribution is 2.34. The molecule has 2 N–H and O–H groups in total. The van der Waals surface area contributed by atoms with E-state index in [1.807, 2.05) is 41.9 Å². The molecule has 34 heavy (non-hydrogen) atoms. The largest absolute Gasteiger partial charge is 0.439 e. The number of rotatable bonds is 5. The van der Waals surface area contributed by atoms with Crippen molar-refractivity contribution in [1.82, 2.24) is 29.6 Å². The average molecular weight is 456 g/mol. The van der Waals surface area contributed by atoms with Crippen LogP contribution in [0.2, 0.25) is 0 Å². The fourth-order valence-corrected chi connectivity index (χ4v) is 4.24. The number of amides is 1. The van der Waals surface area contributed by atoms with Crippen molar-refractivity contribution < 1.29 is 9.53 Å². The van der Waals surface area contributed by atoms with E-state index in [1.54, 1.807) is 17.2 Å². The van der Waals surface area contributed by atoms with Gasteiger partial charge in [0.05, 0.1) is 11.4 Å². The number of nitrogens with two attached hydrogens (primary N) is 1. The van der Waals surface area contributed by atoms with Crippen molar-refractivity contribution in [1.29, 1.82) is 0 Å². The van der Waals surface area contributed by atoms with E-state index in [4.69, 9.17) is 15.6 Å². The van der Waals surface area contributed by atoms with Crippen LogP contribution < -0.4 is 10.5 Å². The van der Waals surface area contributed by atoms with Gasteiger partial charge in [-0.15, -0.1) is 0 Å². The number of fused-ring (bicyclic) bond motifs is 1. The van der Waals surface area contributed by atoms with Gasteiger partial charge in [0.1, 0.15) is 23.6 Å². The zero-order chi connectivity index (χ0) is 23.7. The van der Waals surface area contributed by atoms with Gasteiger partial charge in [-0.25, -0.2) is 19.6 Å². The van der Waals surface area contributed by atoms with Crippen LogP contribution in [0.3, 0.4) is 0 Å². The number of hydrogen-bond donors (Lipinski definition) is 1. The van der Waals surface area contributed by atoms with Gasteiger partial charge in [-0.1, -0.05) is 24.3 Å². The molecular formula is C25H25N7O2. The second-order valence-electron chi connectivity index (χ2n) is 8.34. The SMILES string of the molecule is C=CC(=O)N1CCC[C@@H](n2nc(-c3ccc(Oc4ccc(C)cc4)nc3)c3c(N)ncnc32)C1. The maximum atomic E-state index is 12.2. The summed E-state index contributed by atoms with van der Waals surface area (Å²) >= 11 is 0. The van der Waals surface area contributed by atoms with Crippen molar-refractivity contribution in [2.75, 3.05) is 18.8 Å². The molecule has 1 saturated heterocycles. The van der Waals surface area contributed by atoms with Gasteiger partial charge in [-0.05, 0) is 44.0 Å². The van der Waals surface area contributed by atoms with Crippen LogP contribution in [0.1, 0.15) is 24.4 Å². The number of nitrogen functional groups attached to an aromatic ring is 1. The van der Waals surface area contributed by atoms with Crippen LogP contribution in [0.5, 0.6) is 11.6 Å². The minimum absolute atomic E-state index is 0.0275. The molecule has 9 heteroatoms. The first-order valence-electron chi connectivity index (χ1n) is 11.1. The lowest BCUT2D eigenvalue weighted by Gasteiger charge is -2.32. The summed E-state index contributed by atoms with van der Waals surface area (Å²) in [7, 11) is 0. The van der Waals surface area contributed by atoms with Gasteiger partial charge in [0.2, 0.25) is 11.8 Å². The Balaban J connectivity index is 1.48. The number of pyridine rings is 1. The summed E-state index contributed by atoms with van der Waals surface area (Å²) in [5.74, 6) is 1.46. The van der Waals surface area contributed by atoms with E-state index in [9.17, 15) is 4.79 Å². The van der Waals surface area contributed by atoms with Gasteiger partial charge in [-0.2, -0.15) is 5.10 Å². The number of anilines is 1. The Morgan fingerprint density at radius 1 is 1.18 bits per heavy atom. The van der Waals surface area contributed by atoms with Crippen LogP contribution in [0.4, 0.5) is 5.82 Å². The first kappa shape index (κ1) is 21.6. The molecule has 0 saturated carbocycles. The number of hydrogen-bond acceptors (Lipinski definition) is 7. The lowest BCUT2D eigenvalue weighted by molar-refractivity contribution is -0.127. The molecule has 5 rings (SSSR count). The van der Waals surface area contributed by atoms with E-state index in [2.05, 4.69) is 21.5 Å². The maximum absolute atomic E-state index is 12.2. The molecule has 0 spiro atoms. The van der Waals surface area contributed by atoms with Gasteiger partial charge in [0.15, 0.2) is 5.65 Å². The molecule has 172 valence electrons. The number of carbonyl (C=O) groups excluding carboxylic acids is 1. The molecule has 0 bridgehead atoms. The van der Waals surface area contributed by atoms with E-state index >= 15 is 0 Å². The highest BCUT2D eigenvalue weighted by atomic mass is 16.5. The first-order chi connectivity index (χ1) is 16.5. The molecule has 0 aliphatic carbocycles. The minimum Gasteiger partial charge on any atom is -0.439 e. The van der Waals surface area contributed by atoms with Crippen LogP contribution in [0.25, 0.3) is 22.3 Å². The number of carbonyl (C=O) groups is 1. The van der Waals surface area contributed by atoms with E-state index < -0.39 is 0 Å². The first-order valence-corrected chi connectivity index (χ1v) is 11.1. The third-order valence-electron chi connectivity index (χ3n) is 6.00. The molecule has 0 radical (unpaired) electrons. The number of likely N-dealkylation sites (tertiary alicyclic amines) is 1. The van der Waals surface area contributed by atoms with Gasteiger partial charge >= 0.3 is 0 Å². The second-order valence-corrected chi connectivity index (χ2v) is 8.34. The molecule has 1 aliphatic rings. The summed E-state index contributed by atoms with van der Waals surface area (Å²) < 4.78 is 7.71.